The zero-order valence-electron chi connectivity index (χ0n) is 7.49. The smallest absolute Gasteiger partial charge is 0.236 e. The van der Waals surface area contributed by atoms with Gasteiger partial charge in [-0.25, -0.2) is 8.42 Å². The second-order valence-electron chi connectivity index (χ2n) is 3.40. The monoisotopic (exact) mass is 206 g/mol. The van der Waals surface area contributed by atoms with Crippen molar-refractivity contribution in [1.82, 2.24) is 5.32 Å². The van der Waals surface area contributed by atoms with Crippen molar-refractivity contribution in [3.05, 3.63) is 0 Å². The van der Waals surface area contributed by atoms with Gasteiger partial charge in [-0.2, -0.15) is 0 Å². The summed E-state index contributed by atoms with van der Waals surface area (Å²) in [7, 11) is -2.92. The van der Waals surface area contributed by atoms with Gasteiger partial charge in [-0.05, 0) is 13.3 Å². The third-order valence-electron chi connectivity index (χ3n) is 1.99. The number of rotatable bonds is 2. The maximum absolute atomic E-state index is 11.1. The standard InChI is InChI=1S/C7H14N2O3S/c1-5(8)7(10)9-6-2-3-13(11,12)4-6/h5-6H,2-4,8H2,1H3,(H,9,10). The van der Waals surface area contributed by atoms with Crippen LogP contribution >= 0.6 is 0 Å². The molecule has 1 rings (SSSR count). The summed E-state index contributed by atoms with van der Waals surface area (Å²) < 4.78 is 22.0. The Bertz CT molecular complexity index is 297. The minimum absolute atomic E-state index is 0.0471. The van der Waals surface area contributed by atoms with Gasteiger partial charge in [0.1, 0.15) is 0 Å². The average molecular weight is 206 g/mol. The SMILES string of the molecule is CC(N)C(=O)NC1CCS(=O)(=O)C1. The fourth-order valence-corrected chi connectivity index (χ4v) is 2.91. The number of carbonyl (C=O) groups excluding carboxylic acids is 1. The molecule has 1 fully saturated rings. The fourth-order valence-electron chi connectivity index (χ4n) is 1.24. The molecular weight excluding hydrogens is 192 g/mol. The number of hydrogen-bond donors (Lipinski definition) is 2. The molecule has 0 spiro atoms. The number of amides is 1. The summed E-state index contributed by atoms with van der Waals surface area (Å²) in [5.41, 5.74) is 5.32. The second-order valence-corrected chi connectivity index (χ2v) is 5.63. The Morgan fingerprint density at radius 1 is 1.62 bits per heavy atom. The summed E-state index contributed by atoms with van der Waals surface area (Å²) in [6.45, 7) is 1.57. The molecule has 0 aromatic rings. The molecule has 13 heavy (non-hydrogen) atoms. The van der Waals surface area contributed by atoms with E-state index in [1.54, 1.807) is 6.92 Å². The van der Waals surface area contributed by atoms with Crippen LogP contribution in [0.5, 0.6) is 0 Å². The van der Waals surface area contributed by atoms with E-state index in [2.05, 4.69) is 5.32 Å². The number of nitrogens with two attached hydrogens (primary N) is 1. The first-order chi connectivity index (χ1) is 5.91. The van der Waals surface area contributed by atoms with E-state index in [9.17, 15) is 13.2 Å². The van der Waals surface area contributed by atoms with Crippen LogP contribution in [0.25, 0.3) is 0 Å². The molecule has 5 nitrogen and oxygen atoms in total. The highest BCUT2D eigenvalue weighted by Crippen LogP contribution is 2.10. The highest BCUT2D eigenvalue weighted by Gasteiger charge is 2.29. The van der Waals surface area contributed by atoms with Crippen LogP contribution < -0.4 is 11.1 Å². The average Bonchev–Trinajstić information content (AvgIpc) is 2.30. The molecule has 0 saturated carbocycles. The molecule has 0 aromatic heterocycles. The molecule has 2 unspecified atom stereocenters. The first-order valence-electron chi connectivity index (χ1n) is 4.17. The van der Waals surface area contributed by atoms with E-state index >= 15 is 0 Å². The van der Waals surface area contributed by atoms with Crippen molar-refractivity contribution in [2.45, 2.75) is 25.4 Å². The molecule has 3 N–H and O–H groups in total. The van der Waals surface area contributed by atoms with Crippen LogP contribution in [0.3, 0.4) is 0 Å². The van der Waals surface area contributed by atoms with Crippen molar-refractivity contribution in [2.75, 3.05) is 11.5 Å². The minimum atomic E-state index is -2.92. The zero-order valence-corrected chi connectivity index (χ0v) is 8.30. The highest BCUT2D eigenvalue weighted by atomic mass is 32.2. The number of nitrogens with one attached hydrogen (secondary N) is 1. The molecule has 0 aliphatic carbocycles. The molecule has 76 valence electrons. The Balaban J connectivity index is 2.46. The first-order valence-corrected chi connectivity index (χ1v) is 5.99. The van der Waals surface area contributed by atoms with E-state index < -0.39 is 15.9 Å². The lowest BCUT2D eigenvalue weighted by molar-refractivity contribution is -0.122. The molecule has 0 radical (unpaired) electrons. The lowest BCUT2D eigenvalue weighted by atomic mass is 10.2. The van der Waals surface area contributed by atoms with E-state index in [4.69, 9.17) is 5.73 Å². The fraction of sp³-hybridized carbons (Fsp3) is 0.857. The van der Waals surface area contributed by atoms with E-state index in [1.807, 2.05) is 0 Å². The van der Waals surface area contributed by atoms with E-state index in [-0.39, 0.29) is 23.5 Å². The van der Waals surface area contributed by atoms with Crippen LogP contribution in [0.1, 0.15) is 13.3 Å². The summed E-state index contributed by atoms with van der Waals surface area (Å²) in [5, 5.41) is 2.59. The van der Waals surface area contributed by atoms with Crippen molar-refractivity contribution in [3.8, 4) is 0 Å². The van der Waals surface area contributed by atoms with Gasteiger partial charge in [0.2, 0.25) is 5.91 Å². The van der Waals surface area contributed by atoms with Crippen LogP contribution in [0.4, 0.5) is 0 Å². The van der Waals surface area contributed by atoms with Crippen molar-refractivity contribution in [3.63, 3.8) is 0 Å². The van der Waals surface area contributed by atoms with Gasteiger partial charge in [0, 0.05) is 6.04 Å². The molecule has 0 bridgehead atoms. The summed E-state index contributed by atoms with van der Waals surface area (Å²) in [6, 6.07) is -0.827. The second kappa shape index (κ2) is 3.63. The van der Waals surface area contributed by atoms with Gasteiger partial charge in [0.25, 0.3) is 0 Å². The van der Waals surface area contributed by atoms with Gasteiger partial charge in [-0.1, -0.05) is 0 Å². The molecule has 0 aromatic carbocycles. The van der Waals surface area contributed by atoms with Gasteiger partial charge in [-0.15, -0.1) is 0 Å². The summed E-state index contributed by atoms with van der Waals surface area (Å²) in [6.07, 6.45) is 0.501. The Morgan fingerprint density at radius 3 is 2.62 bits per heavy atom. The molecule has 1 amide bonds. The predicted octanol–water partition coefficient (Wildman–Crippen LogP) is -1.36. The molecule has 1 aliphatic heterocycles. The van der Waals surface area contributed by atoms with Crippen LogP contribution in [0.2, 0.25) is 0 Å². The van der Waals surface area contributed by atoms with Crippen molar-refractivity contribution in [2.24, 2.45) is 5.73 Å². The number of sulfone groups is 1. The van der Waals surface area contributed by atoms with Crippen LogP contribution in [-0.2, 0) is 14.6 Å². The number of carbonyl (C=O) groups is 1. The molecule has 2 atom stereocenters. The molecule has 6 heteroatoms. The lowest BCUT2D eigenvalue weighted by Gasteiger charge is -2.12. The van der Waals surface area contributed by atoms with Gasteiger partial charge in [-0.3, -0.25) is 4.79 Å². The Kier molecular flexibility index (Phi) is 2.92. The summed E-state index contributed by atoms with van der Waals surface area (Å²) >= 11 is 0. The quantitative estimate of drug-likeness (QED) is 0.584. The first kappa shape index (κ1) is 10.5. The Labute approximate surface area is 77.6 Å². The molecular formula is C7H14N2O3S. The zero-order chi connectivity index (χ0) is 10.1. The van der Waals surface area contributed by atoms with Crippen LogP contribution in [0, 0.1) is 0 Å². The largest absolute Gasteiger partial charge is 0.351 e. The number of hydrogen-bond acceptors (Lipinski definition) is 4. The normalized spacial score (nSPS) is 28.3. The Morgan fingerprint density at radius 2 is 2.23 bits per heavy atom. The third kappa shape index (κ3) is 2.96. The minimum Gasteiger partial charge on any atom is -0.351 e. The third-order valence-corrected chi connectivity index (χ3v) is 3.76. The van der Waals surface area contributed by atoms with Crippen LogP contribution in [0.15, 0.2) is 0 Å². The maximum Gasteiger partial charge on any atom is 0.236 e. The van der Waals surface area contributed by atoms with Gasteiger partial charge < -0.3 is 11.1 Å². The highest BCUT2D eigenvalue weighted by molar-refractivity contribution is 7.91. The van der Waals surface area contributed by atoms with Crippen LogP contribution in [-0.4, -0.2) is 37.9 Å². The molecule has 1 heterocycles. The van der Waals surface area contributed by atoms with E-state index in [1.165, 1.54) is 0 Å². The van der Waals surface area contributed by atoms with Gasteiger partial charge >= 0.3 is 0 Å². The predicted molar refractivity (Wildman–Crippen MR) is 48.9 cm³/mol. The van der Waals surface area contributed by atoms with Gasteiger partial charge in [0.15, 0.2) is 9.84 Å². The summed E-state index contributed by atoms with van der Waals surface area (Å²) in [4.78, 5) is 11.1. The topological polar surface area (TPSA) is 89.3 Å². The van der Waals surface area contributed by atoms with Crippen molar-refractivity contribution >= 4 is 15.7 Å². The lowest BCUT2D eigenvalue weighted by Crippen LogP contribution is -2.44. The van der Waals surface area contributed by atoms with Gasteiger partial charge in [0.05, 0.1) is 17.5 Å². The van der Waals surface area contributed by atoms with E-state index in [0.29, 0.717) is 6.42 Å². The van der Waals surface area contributed by atoms with Crippen molar-refractivity contribution in [1.29, 1.82) is 0 Å². The Hall–Kier alpha value is -0.620. The van der Waals surface area contributed by atoms with E-state index in [0.717, 1.165) is 0 Å². The maximum atomic E-state index is 11.1. The summed E-state index contributed by atoms with van der Waals surface area (Å²) in [5.74, 6) is -0.0790. The molecule has 1 aliphatic rings. The van der Waals surface area contributed by atoms with Crippen molar-refractivity contribution < 1.29 is 13.2 Å². The molecule has 1 saturated heterocycles.